The molecular formula is C30H38BrClN2O6. The molecule has 0 saturated carbocycles. The number of para-hydroxylation sites is 1. The summed E-state index contributed by atoms with van der Waals surface area (Å²) in [4.78, 5) is 45.1. The van der Waals surface area contributed by atoms with Crippen LogP contribution in [0.15, 0.2) is 43.5 Å². The molecule has 1 aromatic carbocycles. The topological polar surface area (TPSA) is 96.4 Å². The molecule has 10 heteroatoms. The minimum atomic E-state index is -1.19. The number of rotatable bonds is 14. The van der Waals surface area contributed by atoms with Crippen LogP contribution in [-0.4, -0.2) is 76.7 Å². The normalized spacial score (nSPS) is 28.4. The number of ether oxygens (including phenoxy) is 2. The van der Waals surface area contributed by atoms with Crippen LogP contribution in [0.3, 0.4) is 0 Å². The number of halogens is 2. The van der Waals surface area contributed by atoms with E-state index in [9.17, 15) is 19.5 Å². The Morgan fingerprint density at radius 3 is 2.73 bits per heavy atom. The Kier molecular flexibility index (Phi) is 10.1. The third-order valence-corrected chi connectivity index (χ3v) is 9.34. The van der Waals surface area contributed by atoms with Crippen LogP contribution in [0.4, 0.5) is 5.69 Å². The molecule has 0 aliphatic carbocycles. The number of aliphatic hydroxyl groups is 1. The number of aliphatic hydroxyl groups excluding tert-OH is 1. The highest BCUT2D eigenvalue weighted by Gasteiger charge is 2.77. The minimum Gasteiger partial charge on any atom is -0.465 e. The van der Waals surface area contributed by atoms with E-state index < -0.39 is 35.6 Å². The first-order chi connectivity index (χ1) is 19.2. The van der Waals surface area contributed by atoms with Crippen LogP contribution in [0.25, 0.3) is 0 Å². The van der Waals surface area contributed by atoms with Crippen molar-refractivity contribution in [1.82, 2.24) is 4.90 Å². The average molecular weight is 638 g/mol. The lowest BCUT2D eigenvalue weighted by molar-refractivity contribution is -0.155. The predicted molar refractivity (Wildman–Crippen MR) is 157 cm³/mol. The van der Waals surface area contributed by atoms with Gasteiger partial charge in [-0.1, -0.05) is 51.8 Å². The van der Waals surface area contributed by atoms with Gasteiger partial charge in [-0.25, -0.2) is 0 Å². The van der Waals surface area contributed by atoms with E-state index in [0.29, 0.717) is 55.8 Å². The molecule has 3 aliphatic heterocycles. The molecule has 2 amide bonds. The van der Waals surface area contributed by atoms with Gasteiger partial charge in [-0.2, -0.15) is 0 Å². The van der Waals surface area contributed by atoms with Gasteiger partial charge in [-0.05, 0) is 57.1 Å². The van der Waals surface area contributed by atoms with Gasteiger partial charge >= 0.3 is 5.97 Å². The number of alkyl halides is 1. The largest absolute Gasteiger partial charge is 0.465 e. The van der Waals surface area contributed by atoms with Crippen LogP contribution in [0.1, 0.15) is 44.1 Å². The zero-order valence-electron chi connectivity index (χ0n) is 22.9. The smallest absolute Gasteiger partial charge is 0.312 e. The molecule has 218 valence electrons. The van der Waals surface area contributed by atoms with Gasteiger partial charge in [0, 0.05) is 24.5 Å². The van der Waals surface area contributed by atoms with E-state index in [1.165, 1.54) is 0 Å². The summed E-state index contributed by atoms with van der Waals surface area (Å²) in [5.41, 5.74) is 0.179. The molecule has 8 nitrogen and oxygen atoms in total. The number of nitrogens with zero attached hydrogens (tertiary/aromatic N) is 2. The summed E-state index contributed by atoms with van der Waals surface area (Å²) >= 11 is 10.3. The monoisotopic (exact) mass is 636 g/mol. The molecule has 3 unspecified atom stereocenters. The molecule has 0 aromatic heterocycles. The summed E-state index contributed by atoms with van der Waals surface area (Å²) in [5, 5.41) is 9.68. The number of likely N-dealkylation sites (tertiary alicyclic amines) is 1. The third-order valence-electron chi connectivity index (χ3n) is 8.19. The van der Waals surface area contributed by atoms with Gasteiger partial charge in [0.2, 0.25) is 5.91 Å². The van der Waals surface area contributed by atoms with Crippen molar-refractivity contribution in [3.63, 3.8) is 0 Å². The molecular weight excluding hydrogens is 600 g/mol. The summed E-state index contributed by atoms with van der Waals surface area (Å²) in [6, 6.07) is 4.47. The zero-order valence-corrected chi connectivity index (χ0v) is 25.2. The number of aryl methyl sites for hydroxylation is 1. The van der Waals surface area contributed by atoms with Gasteiger partial charge in [0.05, 0.1) is 35.3 Å². The van der Waals surface area contributed by atoms with E-state index >= 15 is 0 Å². The number of allylic oxidation sites excluding steroid dienone is 1. The molecule has 6 atom stereocenters. The number of amides is 2. The number of anilines is 1. The van der Waals surface area contributed by atoms with E-state index in [-0.39, 0.29) is 36.4 Å². The van der Waals surface area contributed by atoms with Crippen molar-refractivity contribution >= 4 is 51.0 Å². The fraction of sp³-hybridized carbons (Fsp3) is 0.567. The van der Waals surface area contributed by atoms with Crippen molar-refractivity contribution in [2.24, 2.45) is 11.8 Å². The van der Waals surface area contributed by atoms with Crippen LogP contribution >= 0.6 is 27.5 Å². The number of esters is 1. The molecule has 0 radical (unpaired) electrons. The third kappa shape index (κ3) is 5.50. The van der Waals surface area contributed by atoms with Crippen LogP contribution in [0, 0.1) is 18.8 Å². The van der Waals surface area contributed by atoms with E-state index in [4.69, 9.17) is 21.1 Å². The first kappa shape index (κ1) is 30.8. The highest BCUT2D eigenvalue weighted by atomic mass is 79.9. The lowest BCUT2D eigenvalue weighted by Crippen LogP contribution is -2.57. The van der Waals surface area contributed by atoms with Gasteiger partial charge in [-0.3, -0.25) is 14.4 Å². The van der Waals surface area contributed by atoms with Gasteiger partial charge in [0.1, 0.15) is 11.6 Å². The second-order valence-electron chi connectivity index (χ2n) is 10.7. The molecule has 3 fully saturated rings. The van der Waals surface area contributed by atoms with Crippen LogP contribution < -0.4 is 4.90 Å². The van der Waals surface area contributed by atoms with Gasteiger partial charge in [0.25, 0.3) is 5.91 Å². The molecule has 3 heterocycles. The highest BCUT2D eigenvalue weighted by molar-refractivity contribution is 9.09. The molecule has 3 saturated heterocycles. The van der Waals surface area contributed by atoms with Crippen molar-refractivity contribution in [3.05, 3.63) is 54.1 Å². The average Bonchev–Trinajstić information content (AvgIpc) is 3.51. The van der Waals surface area contributed by atoms with Gasteiger partial charge < -0.3 is 24.4 Å². The van der Waals surface area contributed by atoms with Crippen molar-refractivity contribution in [1.29, 1.82) is 0 Å². The zero-order chi connectivity index (χ0) is 29.0. The summed E-state index contributed by atoms with van der Waals surface area (Å²) in [5.74, 6) is -2.72. The SMILES string of the molecule is C=CCCCOC(=O)[C@H]1[C@@H]2OC3(CC2Br)C(C(=O)N(CC=C)c2c(C)cccc2Cl)N(CCCCCO)C(=O)[C@H]13. The van der Waals surface area contributed by atoms with E-state index in [1.807, 2.05) is 19.1 Å². The Bertz CT molecular complexity index is 1130. The van der Waals surface area contributed by atoms with E-state index in [0.717, 1.165) is 5.56 Å². The maximum Gasteiger partial charge on any atom is 0.312 e. The number of unbranched alkanes of at least 4 members (excludes halogenated alkanes) is 3. The standard InChI is InChI=1S/C30H38BrClN2O6/c1-4-6-10-17-39-29(38)22-23-27(36)34(15-8-7-9-16-35)26(30(23)18-20(31)25(22)40-30)28(37)33(14-5-2)24-19(3)12-11-13-21(24)32/h4-5,11-13,20,22-23,25-26,35H,1-2,6-10,14-18H2,3H3/t20?,22-,23+,25-,26?,30?/m1/s1. The molecule has 1 aromatic rings. The van der Waals surface area contributed by atoms with E-state index in [2.05, 4.69) is 29.1 Å². The number of fused-ring (bicyclic) bond motifs is 1. The minimum absolute atomic E-state index is 0.0532. The Morgan fingerprint density at radius 1 is 1.27 bits per heavy atom. The van der Waals surface area contributed by atoms with Crippen molar-refractivity contribution in [2.45, 2.75) is 68.0 Å². The first-order valence-electron chi connectivity index (χ1n) is 13.9. The molecule has 2 bridgehead atoms. The Hall–Kier alpha value is -2.20. The van der Waals surface area contributed by atoms with Gasteiger partial charge in [-0.15, -0.1) is 13.2 Å². The van der Waals surface area contributed by atoms with Crippen molar-refractivity contribution in [2.75, 3.05) is 31.2 Å². The van der Waals surface area contributed by atoms with Gasteiger partial charge in [0.15, 0.2) is 0 Å². The lowest BCUT2D eigenvalue weighted by atomic mass is 9.70. The second-order valence-corrected chi connectivity index (χ2v) is 12.3. The number of carbonyl (C=O) groups excluding carboxylic acids is 3. The summed E-state index contributed by atoms with van der Waals surface area (Å²) in [7, 11) is 0. The Balaban J connectivity index is 1.73. The molecule has 4 rings (SSSR count). The molecule has 3 aliphatic rings. The number of hydrogen-bond acceptors (Lipinski definition) is 6. The summed E-state index contributed by atoms with van der Waals surface area (Å²) in [6.07, 6.45) is 6.45. The fourth-order valence-electron chi connectivity index (χ4n) is 6.52. The number of carbonyl (C=O) groups is 3. The maximum atomic E-state index is 14.6. The number of benzene rings is 1. The summed E-state index contributed by atoms with van der Waals surface area (Å²) < 4.78 is 12.2. The quantitative estimate of drug-likeness (QED) is 0.139. The molecule has 1 N–H and O–H groups in total. The number of hydrogen-bond donors (Lipinski definition) is 1. The van der Waals surface area contributed by atoms with Crippen LogP contribution in [0.5, 0.6) is 0 Å². The van der Waals surface area contributed by atoms with Crippen LogP contribution in [0.2, 0.25) is 5.02 Å². The molecule has 40 heavy (non-hydrogen) atoms. The Morgan fingerprint density at radius 2 is 2.05 bits per heavy atom. The predicted octanol–water partition coefficient (Wildman–Crippen LogP) is 4.59. The second kappa shape index (κ2) is 13.2. The summed E-state index contributed by atoms with van der Waals surface area (Å²) in [6.45, 7) is 10.2. The fourth-order valence-corrected chi connectivity index (χ4v) is 7.79. The van der Waals surface area contributed by atoms with Crippen molar-refractivity contribution < 1.29 is 29.0 Å². The van der Waals surface area contributed by atoms with Crippen LogP contribution in [-0.2, 0) is 23.9 Å². The Labute approximate surface area is 249 Å². The lowest BCUT2D eigenvalue weighted by Gasteiger charge is -2.37. The first-order valence-corrected chi connectivity index (χ1v) is 15.2. The maximum absolute atomic E-state index is 14.6. The van der Waals surface area contributed by atoms with E-state index in [1.54, 1.807) is 28.0 Å². The molecule has 1 spiro atoms. The highest BCUT2D eigenvalue weighted by Crippen LogP contribution is 2.60. The van der Waals surface area contributed by atoms with Crippen molar-refractivity contribution in [3.8, 4) is 0 Å².